The van der Waals surface area contributed by atoms with Crippen LogP contribution in [-0.4, -0.2) is 13.0 Å². The second-order valence-electron chi connectivity index (χ2n) is 7.99. The van der Waals surface area contributed by atoms with Gasteiger partial charge in [0.05, 0.1) is 6.54 Å². The Kier molecular flexibility index (Phi) is 7.46. The lowest BCUT2D eigenvalue weighted by molar-refractivity contribution is 0.0985. The van der Waals surface area contributed by atoms with E-state index < -0.39 is 0 Å². The second-order valence-corrected chi connectivity index (χ2v) is 8.39. The number of nitrogens with zero attached hydrogens (tertiary/aromatic N) is 1. The van der Waals surface area contributed by atoms with Crippen LogP contribution in [0.4, 0.5) is 11.4 Å². The van der Waals surface area contributed by atoms with Crippen molar-refractivity contribution in [3.63, 3.8) is 0 Å². The molecule has 1 amide bonds. The van der Waals surface area contributed by atoms with Crippen molar-refractivity contribution in [1.82, 2.24) is 0 Å². The van der Waals surface area contributed by atoms with E-state index in [0.717, 1.165) is 33.6 Å². The summed E-state index contributed by atoms with van der Waals surface area (Å²) >= 11 is 6.74. The maximum absolute atomic E-state index is 13.5. The van der Waals surface area contributed by atoms with Crippen molar-refractivity contribution in [3.05, 3.63) is 125 Å². The number of carbonyl (C=O) groups excluding carboxylic acids is 1. The lowest BCUT2D eigenvalue weighted by atomic mass is 10.0. The topological polar surface area (TPSA) is 32.3 Å². The summed E-state index contributed by atoms with van der Waals surface area (Å²) in [7, 11) is 1.90. The summed E-state index contributed by atoms with van der Waals surface area (Å²) in [5.74, 6) is -0.0685. The molecule has 4 aromatic rings. The summed E-state index contributed by atoms with van der Waals surface area (Å²) in [4.78, 5) is 15.3. The highest BCUT2D eigenvalue weighted by molar-refractivity contribution is 6.31. The molecule has 0 radical (unpaired) electrons. The maximum Gasteiger partial charge on any atom is 0.258 e. The van der Waals surface area contributed by atoms with Crippen LogP contribution in [0.3, 0.4) is 0 Å². The molecule has 0 saturated carbocycles. The number of anilines is 2. The van der Waals surface area contributed by atoms with Gasteiger partial charge in [-0.25, -0.2) is 0 Å². The van der Waals surface area contributed by atoms with Crippen LogP contribution in [0.1, 0.15) is 28.4 Å². The number of benzene rings is 4. The first-order chi connectivity index (χ1) is 16.6. The van der Waals surface area contributed by atoms with Crippen molar-refractivity contribution in [2.45, 2.75) is 13.5 Å². The number of halogens is 1. The number of nitrogens with one attached hydrogen (secondary N) is 1. The lowest BCUT2D eigenvalue weighted by Crippen LogP contribution is -2.30. The molecule has 0 aliphatic carbocycles. The van der Waals surface area contributed by atoms with Crippen LogP contribution >= 0.6 is 11.6 Å². The molecule has 4 rings (SSSR count). The molecule has 0 atom stereocenters. The second kappa shape index (κ2) is 10.9. The van der Waals surface area contributed by atoms with Crippen LogP contribution in [0.5, 0.6) is 0 Å². The van der Waals surface area contributed by atoms with Gasteiger partial charge in [-0.3, -0.25) is 4.79 Å². The largest absolute Gasteiger partial charge is 0.388 e. The molecule has 0 saturated heterocycles. The van der Waals surface area contributed by atoms with E-state index in [0.29, 0.717) is 17.1 Å². The van der Waals surface area contributed by atoms with Gasteiger partial charge < -0.3 is 10.2 Å². The molecule has 0 heterocycles. The number of rotatable bonds is 7. The molecular weight excluding hydrogens is 440 g/mol. The van der Waals surface area contributed by atoms with Crippen LogP contribution in [0, 0.1) is 0 Å². The Morgan fingerprint density at radius 3 is 2.29 bits per heavy atom. The Bertz CT molecular complexity index is 1300. The number of amides is 1. The predicted octanol–water partition coefficient (Wildman–Crippen LogP) is 7.93. The van der Waals surface area contributed by atoms with E-state index in [1.165, 1.54) is 0 Å². The molecule has 0 aromatic heterocycles. The summed E-state index contributed by atoms with van der Waals surface area (Å²) in [6.45, 7) is 2.35. The minimum atomic E-state index is -0.0685. The third kappa shape index (κ3) is 5.38. The molecule has 0 aliphatic rings. The molecule has 34 heavy (non-hydrogen) atoms. The monoisotopic (exact) mass is 466 g/mol. The van der Waals surface area contributed by atoms with Crippen LogP contribution in [0.2, 0.25) is 5.02 Å². The van der Waals surface area contributed by atoms with Gasteiger partial charge in [0.15, 0.2) is 0 Å². The van der Waals surface area contributed by atoms with Crippen molar-refractivity contribution in [1.29, 1.82) is 0 Å². The minimum absolute atomic E-state index is 0.0685. The molecule has 170 valence electrons. The van der Waals surface area contributed by atoms with E-state index in [1.807, 2.05) is 105 Å². The predicted molar refractivity (Wildman–Crippen MR) is 145 cm³/mol. The summed E-state index contributed by atoms with van der Waals surface area (Å²) in [5, 5.41) is 3.76. The minimum Gasteiger partial charge on any atom is -0.388 e. The molecule has 0 bridgehead atoms. The smallest absolute Gasteiger partial charge is 0.258 e. The van der Waals surface area contributed by atoms with Gasteiger partial charge in [0, 0.05) is 29.0 Å². The number of hydrogen-bond acceptors (Lipinski definition) is 2. The van der Waals surface area contributed by atoms with E-state index in [9.17, 15) is 4.79 Å². The van der Waals surface area contributed by atoms with Gasteiger partial charge in [-0.2, -0.15) is 0 Å². The maximum atomic E-state index is 13.5. The Labute approximate surface area is 206 Å². The van der Waals surface area contributed by atoms with Gasteiger partial charge in [0.2, 0.25) is 0 Å². The standard InChI is InChI=1S/C30H27ClN2O/c1-3-8-22-9-7-12-28(19-22)33(30(34)24-10-5-4-6-11-24)21-26-14-13-25(20-29(26)31)23-15-17-27(32-2)18-16-23/h3-20,32H,21H2,1-2H3/b8-3+. The number of carbonyl (C=O) groups is 1. The van der Waals surface area contributed by atoms with Gasteiger partial charge in [0.25, 0.3) is 5.91 Å². The first kappa shape index (κ1) is 23.3. The van der Waals surface area contributed by atoms with E-state index in [4.69, 9.17) is 11.6 Å². The third-order valence-electron chi connectivity index (χ3n) is 5.70. The zero-order valence-electron chi connectivity index (χ0n) is 19.3. The van der Waals surface area contributed by atoms with Gasteiger partial charge in [-0.1, -0.05) is 78.4 Å². The molecule has 4 aromatic carbocycles. The highest BCUT2D eigenvalue weighted by Crippen LogP contribution is 2.29. The summed E-state index contributed by atoms with van der Waals surface area (Å²) in [5.41, 5.74) is 6.57. The summed E-state index contributed by atoms with van der Waals surface area (Å²) in [6, 6.07) is 31.5. The number of hydrogen-bond donors (Lipinski definition) is 1. The zero-order chi connectivity index (χ0) is 23.9. The average molecular weight is 467 g/mol. The Morgan fingerprint density at radius 1 is 0.882 bits per heavy atom. The van der Waals surface area contributed by atoms with E-state index in [1.54, 1.807) is 4.90 Å². The Hall–Kier alpha value is -3.82. The van der Waals surface area contributed by atoms with Gasteiger partial charge in [-0.05, 0) is 71.6 Å². The van der Waals surface area contributed by atoms with Crippen LogP contribution in [0.15, 0.2) is 103 Å². The fourth-order valence-electron chi connectivity index (χ4n) is 3.86. The Morgan fingerprint density at radius 2 is 1.62 bits per heavy atom. The molecule has 4 heteroatoms. The molecule has 1 N–H and O–H groups in total. The van der Waals surface area contributed by atoms with E-state index >= 15 is 0 Å². The lowest BCUT2D eigenvalue weighted by Gasteiger charge is -2.24. The van der Waals surface area contributed by atoms with E-state index in [-0.39, 0.29) is 5.91 Å². The van der Waals surface area contributed by atoms with Gasteiger partial charge in [0.1, 0.15) is 0 Å². The highest BCUT2D eigenvalue weighted by Gasteiger charge is 2.20. The van der Waals surface area contributed by atoms with Crippen LogP contribution in [0.25, 0.3) is 17.2 Å². The van der Waals surface area contributed by atoms with Crippen LogP contribution in [-0.2, 0) is 6.54 Å². The Balaban J connectivity index is 1.68. The normalized spacial score (nSPS) is 10.9. The molecule has 0 fully saturated rings. The summed E-state index contributed by atoms with van der Waals surface area (Å²) < 4.78 is 0. The van der Waals surface area contributed by atoms with Gasteiger partial charge in [-0.15, -0.1) is 0 Å². The molecule has 0 aliphatic heterocycles. The fourth-order valence-corrected chi connectivity index (χ4v) is 4.10. The number of allylic oxidation sites excluding steroid dienone is 1. The fraction of sp³-hybridized carbons (Fsp3) is 0.100. The zero-order valence-corrected chi connectivity index (χ0v) is 20.1. The van der Waals surface area contributed by atoms with Crippen LogP contribution < -0.4 is 10.2 Å². The molecule has 0 unspecified atom stereocenters. The van der Waals surface area contributed by atoms with Crippen molar-refractivity contribution < 1.29 is 4.79 Å². The van der Waals surface area contributed by atoms with Crippen molar-refractivity contribution >= 4 is 35.0 Å². The first-order valence-electron chi connectivity index (χ1n) is 11.3. The molecule has 3 nitrogen and oxygen atoms in total. The van der Waals surface area contributed by atoms with Crippen molar-refractivity contribution in [2.24, 2.45) is 0 Å². The quantitative estimate of drug-likeness (QED) is 0.300. The first-order valence-corrected chi connectivity index (χ1v) is 11.6. The molecule has 0 spiro atoms. The SMILES string of the molecule is C/C=C/c1cccc(N(Cc2ccc(-c3ccc(NC)cc3)cc2Cl)C(=O)c2ccccc2)c1. The van der Waals surface area contributed by atoms with Gasteiger partial charge >= 0.3 is 0 Å². The summed E-state index contributed by atoms with van der Waals surface area (Å²) in [6.07, 6.45) is 4.01. The van der Waals surface area contributed by atoms with E-state index in [2.05, 4.69) is 23.5 Å². The van der Waals surface area contributed by atoms with Crippen molar-refractivity contribution in [3.8, 4) is 11.1 Å². The third-order valence-corrected chi connectivity index (χ3v) is 6.05. The molecular formula is C30H27ClN2O. The average Bonchev–Trinajstić information content (AvgIpc) is 2.88. The van der Waals surface area contributed by atoms with Crippen molar-refractivity contribution in [2.75, 3.05) is 17.3 Å². The highest BCUT2D eigenvalue weighted by atomic mass is 35.5.